The van der Waals surface area contributed by atoms with Crippen LogP contribution in [-0.2, 0) is 15.3 Å². The van der Waals surface area contributed by atoms with E-state index in [9.17, 15) is 15.8 Å². The van der Waals surface area contributed by atoms with Gasteiger partial charge in [-0.25, -0.2) is 0 Å². The molecule has 1 N–H and O–H groups in total. The highest BCUT2D eigenvalue weighted by Crippen LogP contribution is 2.70. The normalized spacial score (nSPS) is 31.9. The molecule has 0 radical (unpaired) electrons. The van der Waals surface area contributed by atoms with Gasteiger partial charge in [0.1, 0.15) is 6.10 Å². The molecule has 2 saturated heterocycles. The van der Waals surface area contributed by atoms with Crippen molar-refractivity contribution in [1.82, 2.24) is 0 Å². The van der Waals surface area contributed by atoms with Crippen molar-refractivity contribution in [1.29, 1.82) is 21.2 Å². The molecule has 6 nitrogen and oxygen atoms in total. The van der Waals surface area contributed by atoms with E-state index in [4.69, 9.17) is 14.9 Å². The molecule has 29 heavy (non-hydrogen) atoms. The molecule has 3 heterocycles. The highest BCUT2D eigenvalue weighted by molar-refractivity contribution is 9.10. The number of thiophene rings is 1. The first-order chi connectivity index (χ1) is 14.0. The summed E-state index contributed by atoms with van der Waals surface area (Å²) in [5, 5.41) is 41.2. The smallest absolute Gasteiger partial charge is 0.244 e. The van der Waals surface area contributed by atoms with Crippen LogP contribution in [-0.4, -0.2) is 5.90 Å². The second-order valence-electron chi connectivity index (χ2n) is 7.04. The van der Waals surface area contributed by atoms with Gasteiger partial charge in [0.15, 0.2) is 5.41 Å². The summed E-state index contributed by atoms with van der Waals surface area (Å²) in [7, 11) is 0. The number of halogens is 1. The van der Waals surface area contributed by atoms with Crippen molar-refractivity contribution >= 4 is 33.2 Å². The van der Waals surface area contributed by atoms with Crippen LogP contribution in [0.15, 0.2) is 46.3 Å². The van der Waals surface area contributed by atoms with Gasteiger partial charge < -0.3 is 9.47 Å². The molecular weight excluding hydrogens is 452 g/mol. The molecule has 0 saturated carbocycles. The molecule has 4 unspecified atom stereocenters. The van der Waals surface area contributed by atoms with Crippen LogP contribution in [0.4, 0.5) is 0 Å². The molecule has 2 aliphatic heterocycles. The lowest BCUT2D eigenvalue weighted by Gasteiger charge is -2.49. The van der Waals surface area contributed by atoms with Crippen molar-refractivity contribution in [2.75, 3.05) is 0 Å². The zero-order valence-corrected chi connectivity index (χ0v) is 17.8. The predicted octanol–water partition coefficient (Wildman–Crippen LogP) is 5.01. The van der Waals surface area contributed by atoms with Crippen molar-refractivity contribution in [3.05, 3.63) is 56.7 Å². The van der Waals surface area contributed by atoms with E-state index in [1.807, 2.05) is 42.6 Å². The van der Waals surface area contributed by atoms with E-state index in [2.05, 4.69) is 34.1 Å². The lowest BCUT2D eigenvalue weighted by Crippen LogP contribution is -2.58. The van der Waals surface area contributed by atoms with Gasteiger partial charge in [0.2, 0.25) is 17.1 Å². The Hall–Kier alpha value is -2.70. The number of nitriles is 3. The van der Waals surface area contributed by atoms with Crippen LogP contribution in [0.25, 0.3) is 0 Å². The Bertz CT molecular complexity index is 1100. The first-order valence-electron chi connectivity index (χ1n) is 8.94. The number of rotatable bonds is 3. The molecule has 2 aromatic rings. The van der Waals surface area contributed by atoms with Crippen LogP contribution in [0.3, 0.4) is 0 Å². The van der Waals surface area contributed by atoms with Crippen LogP contribution in [0, 0.1) is 56.2 Å². The SMILES string of the molecule is CCC1C2(c3ccccc3)OC(=N)C1(C#N)C(C#N)(C#N)C(c1cc(Br)cs1)O2. The molecular formula is C21H15BrN4O2S. The fourth-order valence-electron chi connectivity index (χ4n) is 4.62. The predicted molar refractivity (Wildman–Crippen MR) is 108 cm³/mol. The Morgan fingerprint density at radius 1 is 1.17 bits per heavy atom. The second kappa shape index (κ2) is 6.68. The average molecular weight is 467 g/mol. The van der Waals surface area contributed by atoms with Gasteiger partial charge in [0.25, 0.3) is 0 Å². The fourth-order valence-corrected chi connectivity index (χ4v) is 6.16. The van der Waals surface area contributed by atoms with Gasteiger partial charge in [-0.15, -0.1) is 11.3 Å². The minimum atomic E-state index is -1.93. The van der Waals surface area contributed by atoms with E-state index in [1.54, 1.807) is 6.07 Å². The number of nitrogens with zero attached hydrogens (tertiary/aromatic N) is 3. The molecule has 2 aliphatic rings. The second-order valence-corrected chi connectivity index (χ2v) is 8.90. The molecule has 144 valence electrons. The highest BCUT2D eigenvalue weighted by atomic mass is 79.9. The van der Waals surface area contributed by atoms with Gasteiger partial charge in [-0.2, -0.15) is 15.8 Å². The minimum Gasteiger partial charge on any atom is -0.443 e. The van der Waals surface area contributed by atoms with Crippen LogP contribution >= 0.6 is 27.3 Å². The molecule has 8 heteroatoms. The topological polar surface area (TPSA) is 114 Å². The van der Waals surface area contributed by atoms with E-state index >= 15 is 0 Å². The maximum absolute atomic E-state index is 10.3. The zero-order chi connectivity index (χ0) is 20.9. The largest absolute Gasteiger partial charge is 0.443 e. The summed E-state index contributed by atoms with van der Waals surface area (Å²) < 4.78 is 13.3. The molecule has 4 rings (SSSR count). The quantitative estimate of drug-likeness (QED) is 0.682. The van der Waals surface area contributed by atoms with Crippen molar-refractivity contribution in [2.45, 2.75) is 25.2 Å². The van der Waals surface area contributed by atoms with Crippen LogP contribution in [0.2, 0.25) is 0 Å². The molecule has 2 fully saturated rings. The summed E-state index contributed by atoms with van der Waals surface area (Å²) in [6, 6.07) is 17.2. The van der Waals surface area contributed by atoms with Crippen LogP contribution in [0.1, 0.15) is 29.9 Å². The van der Waals surface area contributed by atoms with E-state index < -0.39 is 34.5 Å². The third-order valence-electron chi connectivity index (χ3n) is 5.86. The molecule has 0 amide bonds. The molecule has 1 aromatic carbocycles. The van der Waals surface area contributed by atoms with Crippen molar-refractivity contribution in [3.63, 3.8) is 0 Å². The van der Waals surface area contributed by atoms with Gasteiger partial charge in [-0.1, -0.05) is 37.3 Å². The van der Waals surface area contributed by atoms with Crippen LogP contribution < -0.4 is 0 Å². The Kier molecular flexibility index (Phi) is 4.52. The van der Waals surface area contributed by atoms with Crippen molar-refractivity contribution in [2.24, 2.45) is 16.7 Å². The van der Waals surface area contributed by atoms with Gasteiger partial charge >= 0.3 is 0 Å². The van der Waals surface area contributed by atoms with Crippen molar-refractivity contribution < 1.29 is 9.47 Å². The van der Waals surface area contributed by atoms with Gasteiger partial charge in [-0.3, -0.25) is 5.41 Å². The Morgan fingerprint density at radius 3 is 2.38 bits per heavy atom. The molecule has 2 bridgehead atoms. The molecule has 0 aliphatic carbocycles. The first kappa shape index (κ1) is 19.6. The van der Waals surface area contributed by atoms with E-state index in [1.165, 1.54) is 11.3 Å². The highest BCUT2D eigenvalue weighted by Gasteiger charge is 2.80. The van der Waals surface area contributed by atoms with E-state index in [-0.39, 0.29) is 0 Å². The summed E-state index contributed by atoms with van der Waals surface area (Å²) in [4.78, 5) is 0.618. The monoisotopic (exact) mass is 466 g/mol. The Balaban J connectivity index is 2.07. The van der Waals surface area contributed by atoms with Crippen molar-refractivity contribution in [3.8, 4) is 18.2 Å². The molecule has 1 aromatic heterocycles. The summed E-state index contributed by atoms with van der Waals surface area (Å²) >= 11 is 4.73. The number of hydrogen-bond acceptors (Lipinski definition) is 7. The Labute approximate surface area is 180 Å². The van der Waals surface area contributed by atoms with Crippen LogP contribution in [0.5, 0.6) is 0 Å². The number of benzene rings is 1. The maximum Gasteiger partial charge on any atom is 0.244 e. The average Bonchev–Trinajstić information content (AvgIpc) is 3.26. The number of ether oxygens (including phenoxy) is 2. The number of nitrogens with one attached hydrogen (secondary N) is 1. The lowest BCUT2D eigenvalue weighted by atomic mass is 9.53. The first-order valence-corrected chi connectivity index (χ1v) is 10.6. The number of fused-ring (bicyclic) bond motifs is 2. The lowest BCUT2D eigenvalue weighted by molar-refractivity contribution is -0.292. The van der Waals surface area contributed by atoms with Gasteiger partial charge in [-0.05, 0) is 28.4 Å². The maximum atomic E-state index is 10.3. The number of hydrogen-bond donors (Lipinski definition) is 1. The van der Waals surface area contributed by atoms with E-state index in [0.29, 0.717) is 16.9 Å². The van der Waals surface area contributed by atoms with Gasteiger partial charge in [0.05, 0.1) is 24.1 Å². The molecule has 0 spiro atoms. The zero-order valence-electron chi connectivity index (χ0n) is 15.3. The summed E-state index contributed by atoms with van der Waals surface area (Å²) in [6.45, 7) is 1.85. The summed E-state index contributed by atoms with van der Waals surface area (Å²) in [5.41, 5.74) is -3.04. The van der Waals surface area contributed by atoms with Gasteiger partial charge in [0, 0.05) is 20.3 Å². The molecule has 4 atom stereocenters. The van der Waals surface area contributed by atoms with E-state index in [0.717, 1.165) is 4.47 Å². The third-order valence-corrected chi connectivity index (χ3v) is 7.60. The fraction of sp³-hybridized carbons (Fsp3) is 0.333. The standard InChI is InChI=1S/C21H15BrN4O2S/c1-2-16-20(12-25)18(26)28-21(16,13-6-4-3-5-7-13)27-17(19(20,10-23)11-24)15-8-14(22)9-29-15/h3-9,16-17,26H,2H2,1H3. The Morgan fingerprint density at radius 2 is 1.86 bits per heavy atom. The third kappa shape index (κ3) is 2.24. The summed E-state index contributed by atoms with van der Waals surface area (Å²) in [6.07, 6.45) is -0.670. The minimum absolute atomic E-state index is 0.386. The summed E-state index contributed by atoms with van der Waals surface area (Å²) in [5.74, 6) is -2.52.